The lowest BCUT2D eigenvalue weighted by Crippen LogP contribution is -2.35. The Bertz CT molecular complexity index is 467. The van der Waals surface area contributed by atoms with Crippen LogP contribution in [0.5, 0.6) is 0 Å². The third-order valence-electron chi connectivity index (χ3n) is 5.48. The van der Waals surface area contributed by atoms with E-state index in [9.17, 15) is 0 Å². The Morgan fingerprint density at radius 3 is 1.25 bits per heavy atom. The van der Waals surface area contributed by atoms with Gasteiger partial charge in [0.1, 0.15) is 12.2 Å². The van der Waals surface area contributed by atoms with Gasteiger partial charge in [-0.25, -0.2) is 0 Å². The summed E-state index contributed by atoms with van der Waals surface area (Å²) in [7, 11) is 3.84. The molecule has 0 aliphatic carbocycles. The van der Waals surface area contributed by atoms with Crippen molar-refractivity contribution >= 4 is 21.6 Å². The van der Waals surface area contributed by atoms with Crippen molar-refractivity contribution in [1.82, 2.24) is 9.80 Å². The lowest BCUT2D eigenvalue weighted by Gasteiger charge is -2.29. The van der Waals surface area contributed by atoms with Crippen LogP contribution in [0.4, 0.5) is 0 Å². The van der Waals surface area contributed by atoms with Crippen molar-refractivity contribution < 1.29 is 9.47 Å². The standard InChI is InChI=1S/C26H48N2O2S2/c1-9-17-23(11-3)29-21-25(19-27(13-5)14-6)31-32-26(20-28(15-7)16-8)22-30-24(12-4)18-10-2/h3-4,23-26H,9-10,13-22H2,1-2,5-8H3. The summed E-state index contributed by atoms with van der Waals surface area (Å²) < 4.78 is 12.2. The number of ether oxygens (including phenoxy) is 2. The van der Waals surface area contributed by atoms with Crippen molar-refractivity contribution in [3.8, 4) is 24.7 Å². The molecule has 4 atom stereocenters. The number of nitrogens with zero attached hydrogens (tertiary/aromatic N) is 2. The number of terminal acetylenes is 2. The summed E-state index contributed by atoms with van der Waals surface area (Å²) in [5.41, 5.74) is 0. The Kier molecular flexibility index (Phi) is 21.0. The Hall–Kier alpha value is -0.340. The molecule has 0 N–H and O–H groups in total. The zero-order valence-corrected chi connectivity index (χ0v) is 23.1. The van der Waals surface area contributed by atoms with E-state index in [4.69, 9.17) is 22.3 Å². The maximum absolute atomic E-state index is 6.12. The van der Waals surface area contributed by atoms with E-state index >= 15 is 0 Å². The van der Waals surface area contributed by atoms with E-state index in [0.717, 1.165) is 65.0 Å². The molecule has 0 aromatic heterocycles. The minimum Gasteiger partial charge on any atom is -0.364 e. The van der Waals surface area contributed by atoms with Crippen LogP contribution in [0.3, 0.4) is 0 Å². The molecule has 6 heteroatoms. The molecule has 186 valence electrons. The molecule has 0 aliphatic rings. The Balaban J connectivity index is 5.12. The zero-order valence-electron chi connectivity index (χ0n) is 21.5. The Morgan fingerprint density at radius 1 is 0.656 bits per heavy atom. The van der Waals surface area contributed by atoms with Gasteiger partial charge >= 0.3 is 0 Å². The average Bonchev–Trinajstić information content (AvgIpc) is 2.82. The number of rotatable bonds is 21. The number of hydrogen-bond donors (Lipinski definition) is 0. The zero-order chi connectivity index (χ0) is 24.2. The van der Waals surface area contributed by atoms with Gasteiger partial charge in [-0.05, 0) is 39.0 Å². The fourth-order valence-corrected chi connectivity index (χ4v) is 6.09. The second kappa shape index (κ2) is 21.2. The summed E-state index contributed by atoms with van der Waals surface area (Å²) in [6.07, 6.45) is 15.1. The van der Waals surface area contributed by atoms with Gasteiger partial charge in [-0.15, -0.1) is 12.8 Å². The monoisotopic (exact) mass is 484 g/mol. The number of hydrogen-bond acceptors (Lipinski definition) is 6. The molecule has 4 unspecified atom stereocenters. The summed E-state index contributed by atoms with van der Waals surface area (Å²) in [5.74, 6) is 5.60. The van der Waals surface area contributed by atoms with E-state index in [2.05, 4.69) is 63.2 Å². The summed E-state index contributed by atoms with van der Waals surface area (Å²) >= 11 is 0. The average molecular weight is 485 g/mol. The molecule has 4 nitrogen and oxygen atoms in total. The van der Waals surface area contributed by atoms with Gasteiger partial charge in [0, 0.05) is 13.1 Å². The Labute approximate surface area is 207 Å². The molecule has 0 rings (SSSR count). The van der Waals surface area contributed by atoms with Gasteiger partial charge in [0.2, 0.25) is 0 Å². The smallest absolute Gasteiger partial charge is 0.118 e. The minimum absolute atomic E-state index is 0.0926. The molecule has 0 amide bonds. The highest BCUT2D eigenvalue weighted by Gasteiger charge is 2.21. The first-order valence-corrected chi connectivity index (χ1v) is 14.7. The van der Waals surface area contributed by atoms with Crippen LogP contribution >= 0.6 is 21.6 Å². The van der Waals surface area contributed by atoms with Crippen LogP contribution in [0.25, 0.3) is 0 Å². The Morgan fingerprint density at radius 2 is 1.00 bits per heavy atom. The van der Waals surface area contributed by atoms with Gasteiger partial charge in [0.15, 0.2) is 0 Å². The molecule has 32 heavy (non-hydrogen) atoms. The topological polar surface area (TPSA) is 24.9 Å². The largest absolute Gasteiger partial charge is 0.364 e. The molecule has 0 saturated heterocycles. The summed E-state index contributed by atoms with van der Waals surface area (Å²) in [4.78, 5) is 4.91. The van der Waals surface area contributed by atoms with E-state index in [1.807, 2.05) is 21.6 Å². The van der Waals surface area contributed by atoms with Crippen molar-refractivity contribution in [3.63, 3.8) is 0 Å². The minimum atomic E-state index is -0.0926. The highest BCUT2D eigenvalue weighted by atomic mass is 33.1. The third kappa shape index (κ3) is 14.7. The first kappa shape index (κ1) is 31.7. The van der Waals surface area contributed by atoms with Crippen LogP contribution in [0.2, 0.25) is 0 Å². The fourth-order valence-electron chi connectivity index (χ4n) is 3.32. The molecule has 0 fully saturated rings. The molecule has 0 aromatic carbocycles. The molecule has 0 saturated carbocycles. The van der Waals surface area contributed by atoms with Crippen LogP contribution in [-0.2, 0) is 9.47 Å². The van der Waals surface area contributed by atoms with Crippen molar-refractivity contribution in [1.29, 1.82) is 0 Å². The SMILES string of the molecule is C#CC(CCC)OCC(CN(CC)CC)SSC(COC(C#C)CCC)CN(CC)CC. The lowest BCUT2D eigenvalue weighted by atomic mass is 10.2. The molecule has 0 aliphatic heterocycles. The van der Waals surface area contributed by atoms with E-state index in [0.29, 0.717) is 23.7 Å². The third-order valence-corrected chi connectivity index (χ3v) is 8.67. The van der Waals surface area contributed by atoms with Gasteiger partial charge in [0.05, 0.1) is 23.7 Å². The highest BCUT2D eigenvalue weighted by Crippen LogP contribution is 2.33. The van der Waals surface area contributed by atoms with E-state index < -0.39 is 0 Å². The predicted molar refractivity (Wildman–Crippen MR) is 145 cm³/mol. The first-order chi connectivity index (χ1) is 15.5. The summed E-state index contributed by atoms with van der Waals surface area (Å²) in [6, 6.07) is 0. The van der Waals surface area contributed by atoms with Crippen molar-refractivity contribution in [2.45, 2.75) is 89.9 Å². The van der Waals surface area contributed by atoms with Crippen LogP contribution in [0.15, 0.2) is 0 Å². The van der Waals surface area contributed by atoms with Crippen LogP contribution in [0.1, 0.15) is 67.2 Å². The molecular formula is C26H48N2O2S2. The van der Waals surface area contributed by atoms with Gasteiger partial charge in [0.25, 0.3) is 0 Å². The van der Waals surface area contributed by atoms with Crippen LogP contribution in [-0.4, -0.2) is 85.0 Å². The molecule has 0 spiro atoms. The summed E-state index contributed by atoms with van der Waals surface area (Å²) in [6.45, 7) is 20.6. The van der Waals surface area contributed by atoms with E-state index in [1.165, 1.54) is 0 Å². The molecule has 0 aromatic rings. The highest BCUT2D eigenvalue weighted by molar-refractivity contribution is 8.77. The van der Waals surface area contributed by atoms with Crippen molar-refractivity contribution in [2.75, 3.05) is 52.5 Å². The normalized spacial score (nSPS) is 15.3. The van der Waals surface area contributed by atoms with Gasteiger partial charge < -0.3 is 19.3 Å². The van der Waals surface area contributed by atoms with Crippen LogP contribution in [0, 0.1) is 24.7 Å². The molecular weight excluding hydrogens is 436 g/mol. The van der Waals surface area contributed by atoms with Crippen LogP contribution < -0.4 is 0 Å². The first-order valence-electron chi connectivity index (χ1n) is 12.4. The predicted octanol–water partition coefficient (Wildman–Crippen LogP) is 5.43. The van der Waals surface area contributed by atoms with Gasteiger partial charge in [-0.3, -0.25) is 0 Å². The summed E-state index contributed by atoms with van der Waals surface area (Å²) in [5, 5.41) is 0.705. The van der Waals surface area contributed by atoms with Gasteiger partial charge in [-0.1, -0.05) is 87.8 Å². The quantitative estimate of drug-likeness (QED) is 0.159. The second-order valence-corrected chi connectivity index (χ2v) is 10.8. The molecule has 0 heterocycles. The van der Waals surface area contributed by atoms with E-state index in [-0.39, 0.29) is 12.2 Å². The lowest BCUT2D eigenvalue weighted by molar-refractivity contribution is 0.0801. The van der Waals surface area contributed by atoms with Crippen molar-refractivity contribution in [3.05, 3.63) is 0 Å². The fraction of sp³-hybridized carbons (Fsp3) is 0.846. The maximum atomic E-state index is 6.12. The van der Waals surface area contributed by atoms with Gasteiger partial charge in [-0.2, -0.15) is 0 Å². The molecule has 0 radical (unpaired) electrons. The van der Waals surface area contributed by atoms with E-state index in [1.54, 1.807) is 0 Å². The molecule has 0 bridgehead atoms. The second-order valence-electron chi connectivity index (χ2n) is 7.96. The maximum Gasteiger partial charge on any atom is 0.118 e. The van der Waals surface area contributed by atoms with Crippen molar-refractivity contribution in [2.24, 2.45) is 0 Å².